The van der Waals surface area contributed by atoms with E-state index < -0.39 is 0 Å². The Morgan fingerprint density at radius 2 is 1.94 bits per heavy atom. The second kappa shape index (κ2) is 7.93. The van der Waals surface area contributed by atoms with Crippen LogP contribution in [0.15, 0.2) is 35.9 Å². The highest BCUT2D eigenvalue weighted by atomic mass is 16.5. The summed E-state index contributed by atoms with van der Waals surface area (Å²) in [4.78, 5) is 0. The molecular weight excluding hydrogens is 222 g/mol. The second-order valence-corrected chi connectivity index (χ2v) is 4.79. The van der Waals surface area contributed by atoms with E-state index in [4.69, 9.17) is 4.74 Å². The van der Waals surface area contributed by atoms with E-state index in [2.05, 4.69) is 44.3 Å². The minimum absolute atomic E-state index is 0.474. The molecule has 0 aromatic heterocycles. The molecule has 100 valence electrons. The number of hydrogen-bond donors (Lipinski definition) is 1. The lowest BCUT2D eigenvalue weighted by atomic mass is 10.0. The van der Waals surface area contributed by atoms with E-state index in [-0.39, 0.29) is 0 Å². The van der Waals surface area contributed by atoms with Crippen molar-refractivity contribution < 1.29 is 4.74 Å². The van der Waals surface area contributed by atoms with Gasteiger partial charge in [0.25, 0.3) is 0 Å². The van der Waals surface area contributed by atoms with Crippen LogP contribution in [0.4, 0.5) is 0 Å². The molecule has 1 aromatic rings. The minimum Gasteiger partial charge on any atom is -0.497 e. The molecule has 0 spiro atoms. The maximum absolute atomic E-state index is 5.16. The van der Waals surface area contributed by atoms with Crippen LogP contribution in [-0.4, -0.2) is 19.7 Å². The maximum atomic E-state index is 5.16. The zero-order valence-electron chi connectivity index (χ0n) is 12.0. The Morgan fingerprint density at radius 3 is 2.44 bits per heavy atom. The van der Waals surface area contributed by atoms with Gasteiger partial charge in [-0.15, -0.1) is 0 Å². The Bertz CT molecular complexity index is 363. The molecule has 1 unspecified atom stereocenters. The fourth-order valence-electron chi connectivity index (χ4n) is 2.02. The molecule has 0 fully saturated rings. The molecule has 0 saturated carbocycles. The molecule has 0 bridgehead atoms. The van der Waals surface area contributed by atoms with Crippen LogP contribution < -0.4 is 10.1 Å². The van der Waals surface area contributed by atoms with Crippen molar-refractivity contribution in [1.82, 2.24) is 5.32 Å². The van der Waals surface area contributed by atoms with Crippen molar-refractivity contribution >= 4 is 0 Å². The van der Waals surface area contributed by atoms with Crippen molar-refractivity contribution in [2.45, 2.75) is 39.7 Å². The molecule has 2 heteroatoms. The van der Waals surface area contributed by atoms with Crippen LogP contribution in [0.25, 0.3) is 0 Å². The topological polar surface area (TPSA) is 21.3 Å². The highest BCUT2D eigenvalue weighted by molar-refractivity contribution is 5.27. The number of nitrogens with one attached hydrogen (secondary N) is 1. The average molecular weight is 247 g/mol. The van der Waals surface area contributed by atoms with Gasteiger partial charge in [0.2, 0.25) is 0 Å². The maximum Gasteiger partial charge on any atom is 0.118 e. The van der Waals surface area contributed by atoms with Crippen LogP contribution in [0.1, 0.15) is 32.8 Å². The number of likely N-dealkylation sites (N-methyl/N-ethyl adjacent to an activating group) is 1. The van der Waals surface area contributed by atoms with E-state index in [9.17, 15) is 0 Å². The Hall–Kier alpha value is -1.28. The molecule has 0 heterocycles. The van der Waals surface area contributed by atoms with Gasteiger partial charge in [0, 0.05) is 6.04 Å². The van der Waals surface area contributed by atoms with Crippen LogP contribution in [0, 0.1) is 0 Å². The Morgan fingerprint density at radius 1 is 1.28 bits per heavy atom. The van der Waals surface area contributed by atoms with E-state index in [0.717, 1.165) is 25.1 Å². The molecule has 1 aromatic carbocycles. The first-order valence-corrected chi connectivity index (χ1v) is 6.67. The Balaban J connectivity index is 2.52. The molecule has 0 aliphatic carbocycles. The van der Waals surface area contributed by atoms with Gasteiger partial charge in [0.15, 0.2) is 0 Å². The molecule has 0 saturated heterocycles. The highest BCUT2D eigenvalue weighted by Gasteiger charge is 2.04. The second-order valence-electron chi connectivity index (χ2n) is 4.79. The largest absolute Gasteiger partial charge is 0.497 e. The van der Waals surface area contributed by atoms with Crippen LogP contribution in [-0.2, 0) is 6.42 Å². The van der Waals surface area contributed by atoms with Crippen molar-refractivity contribution in [2.24, 2.45) is 0 Å². The average Bonchev–Trinajstić information content (AvgIpc) is 2.36. The molecule has 1 N–H and O–H groups in total. The molecule has 2 nitrogen and oxygen atoms in total. The smallest absolute Gasteiger partial charge is 0.118 e. The number of aryl methyl sites for hydroxylation is 1. The van der Waals surface area contributed by atoms with Gasteiger partial charge in [0.1, 0.15) is 5.75 Å². The van der Waals surface area contributed by atoms with E-state index in [1.807, 2.05) is 12.1 Å². The monoisotopic (exact) mass is 247 g/mol. The number of allylic oxidation sites excluding steroid dienone is 1. The van der Waals surface area contributed by atoms with Gasteiger partial charge in [-0.3, -0.25) is 0 Å². The minimum atomic E-state index is 0.474. The number of benzene rings is 1. The molecule has 18 heavy (non-hydrogen) atoms. The van der Waals surface area contributed by atoms with Crippen molar-refractivity contribution in [3.05, 3.63) is 41.5 Å². The molecule has 0 aliphatic heterocycles. The standard InChI is InChI=1S/C16H25NO/c1-5-17-15(12-13(2)3)9-6-14-7-10-16(18-4)11-8-14/h7-8,10-12,15,17H,5-6,9H2,1-4H3. The van der Waals surface area contributed by atoms with Gasteiger partial charge in [-0.1, -0.05) is 30.7 Å². The predicted molar refractivity (Wildman–Crippen MR) is 78.2 cm³/mol. The molecule has 0 amide bonds. The van der Waals surface area contributed by atoms with Gasteiger partial charge >= 0.3 is 0 Å². The fraction of sp³-hybridized carbons (Fsp3) is 0.500. The van der Waals surface area contributed by atoms with Crippen molar-refractivity contribution in [1.29, 1.82) is 0 Å². The highest BCUT2D eigenvalue weighted by Crippen LogP contribution is 2.13. The lowest BCUT2D eigenvalue weighted by Crippen LogP contribution is -2.27. The lowest BCUT2D eigenvalue weighted by Gasteiger charge is -2.14. The van der Waals surface area contributed by atoms with Gasteiger partial charge in [-0.25, -0.2) is 0 Å². The number of rotatable bonds is 7. The molecule has 0 radical (unpaired) electrons. The van der Waals surface area contributed by atoms with E-state index in [0.29, 0.717) is 6.04 Å². The molecule has 0 aliphatic rings. The summed E-state index contributed by atoms with van der Waals surface area (Å²) in [6.45, 7) is 7.46. The molecular formula is C16H25NO. The third-order valence-electron chi connectivity index (χ3n) is 2.90. The van der Waals surface area contributed by atoms with Crippen LogP contribution in [0.2, 0.25) is 0 Å². The first-order valence-electron chi connectivity index (χ1n) is 6.67. The summed E-state index contributed by atoms with van der Waals surface area (Å²) >= 11 is 0. The van der Waals surface area contributed by atoms with Crippen molar-refractivity contribution in [2.75, 3.05) is 13.7 Å². The predicted octanol–water partition coefficient (Wildman–Crippen LogP) is 3.57. The summed E-state index contributed by atoms with van der Waals surface area (Å²) in [6.07, 6.45) is 4.53. The first-order chi connectivity index (χ1) is 8.65. The molecule has 1 rings (SSSR count). The normalized spacial score (nSPS) is 12.0. The van der Waals surface area contributed by atoms with E-state index in [1.165, 1.54) is 11.1 Å². The Labute approximate surface area is 111 Å². The molecule has 1 atom stereocenters. The summed E-state index contributed by atoms with van der Waals surface area (Å²) in [5, 5.41) is 3.51. The number of ether oxygens (including phenoxy) is 1. The van der Waals surface area contributed by atoms with E-state index >= 15 is 0 Å². The lowest BCUT2D eigenvalue weighted by molar-refractivity contribution is 0.414. The summed E-state index contributed by atoms with van der Waals surface area (Å²) in [7, 11) is 1.70. The van der Waals surface area contributed by atoms with Crippen molar-refractivity contribution in [3.63, 3.8) is 0 Å². The third-order valence-corrected chi connectivity index (χ3v) is 2.90. The number of hydrogen-bond acceptors (Lipinski definition) is 2. The quantitative estimate of drug-likeness (QED) is 0.744. The Kier molecular flexibility index (Phi) is 6.51. The third kappa shape index (κ3) is 5.37. The summed E-state index contributed by atoms with van der Waals surface area (Å²) in [6, 6.07) is 8.81. The fourth-order valence-corrected chi connectivity index (χ4v) is 2.02. The number of methoxy groups -OCH3 is 1. The summed E-state index contributed by atoms with van der Waals surface area (Å²) in [5.74, 6) is 0.922. The van der Waals surface area contributed by atoms with Crippen molar-refractivity contribution in [3.8, 4) is 5.75 Å². The van der Waals surface area contributed by atoms with Gasteiger partial charge in [0.05, 0.1) is 7.11 Å². The van der Waals surface area contributed by atoms with Crippen LogP contribution >= 0.6 is 0 Å². The van der Waals surface area contributed by atoms with Gasteiger partial charge in [-0.05, 0) is 50.9 Å². The first kappa shape index (κ1) is 14.8. The zero-order chi connectivity index (χ0) is 13.4. The SMILES string of the molecule is CCNC(C=C(C)C)CCc1ccc(OC)cc1. The van der Waals surface area contributed by atoms with E-state index in [1.54, 1.807) is 7.11 Å². The zero-order valence-corrected chi connectivity index (χ0v) is 12.0. The van der Waals surface area contributed by atoms with Crippen LogP contribution in [0.5, 0.6) is 5.75 Å². The van der Waals surface area contributed by atoms with Crippen LogP contribution in [0.3, 0.4) is 0 Å². The van der Waals surface area contributed by atoms with Gasteiger partial charge in [-0.2, -0.15) is 0 Å². The summed E-state index contributed by atoms with van der Waals surface area (Å²) < 4.78 is 5.16. The van der Waals surface area contributed by atoms with Gasteiger partial charge < -0.3 is 10.1 Å². The summed E-state index contributed by atoms with van der Waals surface area (Å²) in [5.41, 5.74) is 2.73.